The Morgan fingerprint density at radius 3 is 2.42 bits per heavy atom. The molecule has 0 aliphatic heterocycles. The van der Waals surface area contributed by atoms with Crippen LogP contribution in [-0.4, -0.2) is 28.2 Å². The molecule has 33 heavy (non-hydrogen) atoms. The van der Waals surface area contributed by atoms with Crippen LogP contribution < -0.4 is 0 Å². The average molecular weight is 457 g/mol. The van der Waals surface area contributed by atoms with Crippen LogP contribution in [0.1, 0.15) is 99.8 Å². The Bertz CT molecular complexity index is 855. The molecule has 0 heterocycles. The minimum Gasteiger partial charge on any atom is -0.390 e. The molecule has 3 fully saturated rings. The lowest BCUT2D eigenvalue weighted by atomic mass is 9.41. The third-order valence-electron chi connectivity index (χ3n) is 11.8. The first kappa shape index (κ1) is 25.2. The first-order valence-corrected chi connectivity index (χ1v) is 13.5. The van der Waals surface area contributed by atoms with Gasteiger partial charge in [0.15, 0.2) is 0 Å². The lowest BCUT2D eigenvalue weighted by Gasteiger charge is -2.63. The molecule has 186 valence electrons. The lowest BCUT2D eigenvalue weighted by molar-refractivity contribution is -0.146. The summed E-state index contributed by atoms with van der Waals surface area (Å²) in [7, 11) is 0. The van der Waals surface area contributed by atoms with E-state index < -0.39 is 12.2 Å². The molecular formula is C30H48O3. The van der Waals surface area contributed by atoms with Gasteiger partial charge in [0, 0.05) is 11.8 Å². The molecule has 0 saturated heterocycles. The molecule has 0 radical (unpaired) electrons. The van der Waals surface area contributed by atoms with Crippen molar-refractivity contribution < 1.29 is 15.0 Å². The second-order valence-electron chi connectivity index (χ2n) is 13.7. The first-order chi connectivity index (χ1) is 15.2. The summed E-state index contributed by atoms with van der Waals surface area (Å²) in [6.45, 7) is 19.8. The maximum Gasteiger partial charge on any atom is 0.138 e. The standard InChI is InChI=1S/C30H48O3/c1-18(2)26(33)23(31)17-19(3)20-11-15-30(8)22-9-10-24-27(4,5)25(32)13-14-28(24,6)21(22)12-16-29(20,30)7/h9,19-21,23-24,26,31,33H,1,10-17H2,2-8H3/t19-,20-,21-,23+,24-,26+,28+,29-,30+/m0/s1. The highest BCUT2D eigenvalue weighted by Crippen LogP contribution is 2.73. The molecule has 4 rings (SSSR count). The van der Waals surface area contributed by atoms with Gasteiger partial charge < -0.3 is 10.2 Å². The summed E-state index contributed by atoms with van der Waals surface area (Å²) < 4.78 is 0. The van der Waals surface area contributed by atoms with E-state index in [1.54, 1.807) is 12.5 Å². The summed E-state index contributed by atoms with van der Waals surface area (Å²) in [6.07, 6.45) is 9.28. The smallest absolute Gasteiger partial charge is 0.138 e. The molecule has 2 N–H and O–H groups in total. The molecule has 0 aromatic carbocycles. The number of aliphatic hydroxyl groups is 2. The molecule has 0 amide bonds. The normalized spacial score (nSPS) is 44.7. The Balaban J connectivity index is 1.62. The van der Waals surface area contributed by atoms with Gasteiger partial charge in [0.05, 0.1) is 6.10 Å². The molecule has 3 nitrogen and oxygen atoms in total. The third kappa shape index (κ3) is 3.46. The van der Waals surface area contributed by atoms with Crippen molar-refractivity contribution in [1.29, 1.82) is 0 Å². The quantitative estimate of drug-likeness (QED) is 0.465. The van der Waals surface area contributed by atoms with Gasteiger partial charge in [-0.3, -0.25) is 4.79 Å². The molecule has 3 heteroatoms. The number of carbonyl (C=O) groups excluding carboxylic acids is 1. The van der Waals surface area contributed by atoms with Gasteiger partial charge in [0.25, 0.3) is 0 Å². The minimum atomic E-state index is -0.834. The minimum absolute atomic E-state index is 0.187. The third-order valence-corrected chi connectivity index (χ3v) is 11.8. The Morgan fingerprint density at radius 1 is 1.12 bits per heavy atom. The molecule has 9 atom stereocenters. The molecule has 4 aliphatic carbocycles. The monoisotopic (exact) mass is 456 g/mol. The van der Waals surface area contributed by atoms with Crippen molar-refractivity contribution in [2.24, 2.45) is 45.3 Å². The topological polar surface area (TPSA) is 57.5 Å². The summed E-state index contributed by atoms with van der Waals surface area (Å²) in [5.41, 5.74) is 2.73. The van der Waals surface area contributed by atoms with Gasteiger partial charge in [0.1, 0.15) is 11.9 Å². The highest BCUT2D eigenvalue weighted by molar-refractivity contribution is 5.85. The Morgan fingerprint density at radius 2 is 1.79 bits per heavy atom. The zero-order chi connectivity index (χ0) is 24.6. The highest BCUT2D eigenvalue weighted by Gasteiger charge is 2.65. The van der Waals surface area contributed by atoms with Crippen molar-refractivity contribution in [3.63, 3.8) is 0 Å². The number of allylic oxidation sites excluding steroid dienone is 2. The number of Topliss-reactive ketones (excluding diaryl/α,β-unsaturated/α-hetero) is 1. The fourth-order valence-corrected chi connectivity index (χ4v) is 9.47. The SMILES string of the molecule is C=C(C)[C@@H](O)[C@H](O)C[C@H](C)[C@@H]1CC[C@]2(C)C3=CC[C@H]4C(C)(C)C(=O)CC[C@]4(C)[C@H]3CC[C@@]12C. The summed E-state index contributed by atoms with van der Waals surface area (Å²) >= 11 is 0. The number of fused-ring (bicyclic) bond motifs is 5. The number of carbonyl (C=O) groups is 1. The first-order valence-electron chi connectivity index (χ1n) is 13.5. The Hall–Kier alpha value is -0.930. The molecule has 0 aromatic rings. The zero-order valence-electron chi connectivity index (χ0n) is 22.2. The van der Waals surface area contributed by atoms with E-state index in [1.807, 2.05) is 0 Å². The number of rotatable bonds is 5. The second kappa shape index (κ2) is 8.05. The van der Waals surface area contributed by atoms with Crippen LogP contribution in [0.5, 0.6) is 0 Å². The zero-order valence-corrected chi connectivity index (χ0v) is 22.2. The molecule has 0 aromatic heterocycles. The van der Waals surface area contributed by atoms with Crippen LogP contribution in [0.3, 0.4) is 0 Å². The maximum absolute atomic E-state index is 12.8. The van der Waals surface area contributed by atoms with Gasteiger partial charge in [-0.2, -0.15) is 0 Å². The van der Waals surface area contributed by atoms with Crippen LogP contribution in [0.15, 0.2) is 23.8 Å². The van der Waals surface area contributed by atoms with Crippen molar-refractivity contribution >= 4 is 5.78 Å². The van der Waals surface area contributed by atoms with Gasteiger partial charge >= 0.3 is 0 Å². The van der Waals surface area contributed by atoms with E-state index in [0.29, 0.717) is 41.4 Å². The highest BCUT2D eigenvalue weighted by atomic mass is 16.3. The molecule has 0 unspecified atom stereocenters. The largest absolute Gasteiger partial charge is 0.390 e. The fraction of sp³-hybridized carbons (Fsp3) is 0.833. The van der Waals surface area contributed by atoms with E-state index in [4.69, 9.17) is 0 Å². The summed E-state index contributed by atoms with van der Waals surface area (Å²) in [5.74, 6) is 2.40. The Labute approximate surface area is 202 Å². The predicted molar refractivity (Wildman–Crippen MR) is 135 cm³/mol. The van der Waals surface area contributed by atoms with Gasteiger partial charge in [-0.25, -0.2) is 0 Å². The predicted octanol–water partition coefficient (Wildman–Crippen LogP) is 6.48. The fourth-order valence-electron chi connectivity index (χ4n) is 9.47. The van der Waals surface area contributed by atoms with Crippen LogP contribution in [0, 0.1) is 45.3 Å². The van der Waals surface area contributed by atoms with E-state index >= 15 is 0 Å². The second-order valence-corrected chi connectivity index (χ2v) is 13.7. The van der Waals surface area contributed by atoms with Gasteiger partial charge in [-0.15, -0.1) is 0 Å². The van der Waals surface area contributed by atoms with Crippen molar-refractivity contribution in [1.82, 2.24) is 0 Å². The van der Waals surface area contributed by atoms with E-state index in [0.717, 1.165) is 19.3 Å². The summed E-state index contributed by atoms with van der Waals surface area (Å²) in [5, 5.41) is 20.9. The van der Waals surface area contributed by atoms with Gasteiger partial charge in [-0.05, 0) is 97.4 Å². The van der Waals surface area contributed by atoms with Crippen LogP contribution in [0.25, 0.3) is 0 Å². The maximum atomic E-state index is 12.8. The number of hydrogen-bond acceptors (Lipinski definition) is 3. The van der Waals surface area contributed by atoms with E-state index in [1.165, 1.54) is 25.7 Å². The van der Waals surface area contributed by atoms with Crippen LogP contribution in [-0.2, 0) is 4.79 Å². The van der Waals surface area contributed by atoms with Crippen LogP contribution >= 0.6 is 0 Å². The number of aliphatic hydroxyl groups excluding tert-OH is 2. The molecule has 0 bridgehead atoms. The average Bonchev–Trinajstić information content (AvgIpc) is 3.02. The Kier molecular flexibility index (Phi) is 6.14. The molecule has 4 aliphatic rings. The van der Waals surface area contributed by atoms with Crippen LogP contribution in [0.4, 0.5) is 0 Å². The molecule has 0 spiro atoms. The number of ketones is 1. The van der Waals surface area contributed by atoms with E-state index in [2.05, 4.69) is 54.2 Å². The lowest BCUT2D eigenvalue weighted by Crippen LogP contribution is -2.57. The summed E-state index contributed by atoms with van der Waals surface area (Å²) in [6, 6.07) is 0. The van der Waals surface area contributed by atoms with E-state index in [9.17, 15) is 15.0 Å². The number of hydrogen-bond donors (Lipinski definition) is 2. The van der Waals surface area contributed by atoms with E-state index in [-0.39, 0.29) is 21.7 Å². The molecule has 3 saturated carbocycles. The van der Waals surface area contributed by atoms with Crippen LogP contribution in [0.2, 0.25) is 0 Å². The van der Waals surface area contributed by atoms with Gasteiger partial charge in [-0.1, -0.05) is 59.8 Å². The van der Waals surface area contributed by atoms with Crippen molar-refractivity contribution in [3.05, 3.63) is 23.8 Å². The molecular weight excluding hydrogens is 408 g/mol. The van der Waals surface area contributed by atoms with Crippen molar-refractivity contribution in [2.75, 3.05) is 0 Å². The van der Waals surface area contributed by atoms with Gasteiger partial charge in [0.2, 0.25) is 0 Å². The van der Waals surface area contributed by atoms with Crippen molar-refractivity contribution in [2.45, 2.75) is 112 Å². The summed E-state index contributed by atoms with van der Waals surface area (Å²) in [4.78, 5) is 12.8. The van der Waals surface area contributed by atoms with Crippen molar-refractivity contribution in [3.8, 4) is 0 Å².